The van der Waals surface area contributed by atoms with Crippen LogP contribution in [0.2, 0.25) is 0 Å². The lowest BCUT2D eigenvalue weighted by molar-refractivity contribution is 0.192. The second kappa shape index (κ2) is 9.72. The monoisotopic (exact) mass is 435 g/mol. The number of hydrogen-bond donors (Lipinski definition) is 1. The summed E-state index contributed by atoms with van der Waals surface area (Å²) in [6.45, 7) is 4.22. The van der Waals surface area contributed by atoms with Crippen molar-refractivity contribution in [3.05, 3.63) is 76.5 Å². The number of para-hydroxylation sites is 2. The normalized spacial score (nSPS) is 14.4. The highest BCUT2D eigenvalue weighted by Crippen LogP contribution is 2.28. The number of likely N-dealkylation sites (tertiary alicyclic amines) is 1. The van der Waals surface area contributed by atoms with Gasteiger partial charge in [-0.25, -0.2) is 14.3 Å². The van der Waals surface area contributed by atoms with Gasteiger partial charge in [0.1, 0.15) is 11.6 Å². The van der Waals surface area contributed by atoms with Crippen LogP contribution < -0.4 is 15.7 Å². The molecule has 0 radical (unpaired) electrons. The number of carbonyl (C=O) groups excluding carboxylic acids is 1. The highest BCUT2D eigenvalue weighted by molar-refractivity contribution is 5.91. The zero-order chi connectivity index (χ0) is 22.5. The molecule has 1 aromatic heterocycles. The minimum Gasteiger partial charge on any atom is -0.495 e. The van der Waals surface area contributed by atoms with E-state index < -0.39 is 0 Å². The molecule has 8 heteroatoms. The summed E-state index contributed by atoms with van der Waals surface area (Å²) < 4.78 is 8.63. The molecule has 2 amide bonds. The molecule has 4 rings (SSSR count). The lowest BCUT2D eigenvalue weighted by Crippen LogP contribution is -2.41. The standard InChI is InChI=1S/C24H29N5O3/c1-3-28-22(26-29(24(28)31)17-18-9-5-4-6-10-18)19-13-15-27(16-14-19)23(30)25-20-11-7-8-12-21(20)32-2/h4-12,19H,3,13-17H2,1-2H3,(H,25,30). The molecule has 0 saturated carbocycles. The minimum atomic E-state index is -0.143. The number of ether oxygens (including phenoxy) is 1. The first-order chi connectivity index (χ1) is 15.6. The summed E-state index contributed by atoms with van der Waals surface area (Å²) in [6, 6.07) is 17.1. The third kappa shape index (κ3) is 4.54. The Bertz CT molecular complexity index is 1110. The van der Waals surface area contributed by atoms with Gasteiger partial charge in [0.05, 0.1) is 19.3 Å². The lowest BCUT2D eigenvalue weighted by atomic mass is 9.96. The number of urea groups is 1. The Morgan fingerprint density at radius 3 is 2.47 bits per heavy atom. The van der Waals surface area contributed by atoms with Gasteiger partial charge in [-0.3, -0.25) is 4.57 Å². The highest BCUT2D eigenvalue weighted by Gasteiger charge is 2.28. The van der Waals surface area contributed by atoms with E-state index in [1.807, 2.05) is 61.5 Å². The summed E-state index contributed by atoms with van der Waals surface area (Å²) >= 11 is 0. The van der Waals surface area contributed by atoms with Crippen LogP contribution in [0.1, 0.15) is 37.1 Å². The summed E-state index contributed by atoms with van der Waals surface area (Å²) in [5, 5.41) is 7.63. The van der Waals surface area contributed by atoms with Gasteiger partial charge < -0.3 is 15.0 Å². The summed E-state index contributed by atoms with van der Waals surface area (Å²) in [4.78, 5) is 27.4. The number of nitrogens with one attached hydrogen (secondary N) is 1. The SMILES string of the molecule is CCn1c(C2CCN(C(=O)Nc3ccccc3OC)CC2)nn(Cc2ccccc2)c1=O. The van der Waals surface area contributed by atoms with Gasteiger partial charge in [0.2, 0.25) is 0 Å². The molecule has 2 heterocycles. The number of anilines is 1. The fraction of sp³-hybridized carbons (Fsp3) is 0.375. The van der Waals surface area contributed by atoms with Crippen LogP contribution in [0.25, 0.3) is 0 Å². The Balaban J connectivity index is 1.43. The van der Waals surface area contributed by atoms with Gasteiger partial charge in [-0.2, -0.15) is 5.10 Å². The molecule has 0 spiro atoms. The van der Waals surface area contributed by atoms with E-state index in [4.69, 9.17) is 9.84 Å². The van der Waals surface area contributed by atoms with Crippen molar-refractivity contribution >= 4 is 11.7 Å². The molecule has 2 aromatic carbocycles. The minimum absolute atomic E-state index is 0.0808. The number of piperidine rings is 1. The van der Waals surface area contributed by atoms with Crippen LogP contribution in [-0.2, 0) is 13.1 Å². The van der Waals surface area contributed by atoms with Crippen LogP contribution in [0.15, 0.2) is 59.4 Å². The van der Waals surface area contributed by atoms with E-state index >= 15 is 0 Å². The van der Waals surface area contributed by atoms with Crippen LogP contribution in [-0.4, -0.2) is 45.5 Å². The van der Waals surface area contributed by atoms with Crippen LogP contribution in [0, 0.1) is 0 Å². The van der Waals surface area contributed by atoms with Gasteiger partial charge in [0, 0.05) is 25.6 Å². The van der Waals surface area contributed by atoms with Crippen molar-refractivity contribution in [3.63, 3.8) is 0 Å². The van der Waals surface area contributed by atoms with Crippen LogP contribution in [0.3, 0.4) is 0 Å². The van der Waals surface area contributed by atoms with Gasteiger partial charge in [-0.15, -0.1) is 0 Å². The van der Waals surface area contributed by atoms with Gasteiger partial charge in [-0.05, 0) is 37.5 Å². The Morgan fingerprint density at radius 2 is 1.78 bits per heavy atom. The van der Waals surface area contributed by atoms with Gasteiger partial charge in [0.15, 0.2) is 0 Å². The molecule has 0 atom stereocenters. The molecule has 0 unspecified atom stereocenters. The summed E-state index contributed by atoms with van der Waals surface area (Å²) in [7, 11) is 1.58. The second-order valence-corrected chi connectivity index (χ2v) is 7.92. The number of benzene rings is 2. The smallest absolute Gasteiger partial charge is 0.346 e. The van der Waals surface area contributed by atoms with E-state index in [1.165, 1.54) is 0 Å². The maximum absolute atomic E-state index is 12.9. The fourth-order valence-corrected chi connectivity index (χ4v) is 4.20. The number of nitrogens with zero attached hydrogens (tertiary/aromatic N) is 4. The van der Waals surface area contributed by atoms with E-state index in [0.717, 1.165) is 24.2 Å². The van der Waals surface area contributed by atoms with E-state index in [1.54, 1.807) is 21.3 Å². The average molecular weight is 436 g/mol. The van der Waals surface area contributed by atoms with Crippen molar-refractivity contribution in [3.8, 4) is 5.75 Å². The van der Waals surface area contributed by atoms with Gasteiger partial charge >= 0.3 is 11.7 Å². The second-order valence-electron chi connectivity index (χ2n) is 7.92. The van der Waals surface area contributed by atoms with Gasteiger partial charge in [0.25, 0.3) is 0 Å². The maximum atomic E-state index is 12.9. The van der Waals surface area contributed by atoms with Crippen molar-refractivity contribution in [2.45, 2.75) is 38.8 Å². The van der Waals surface area contributed by atoms with Crippen LogP contribution >= 0.6 is 0 Å². The molecular formula is C24H29N5O3. The largest absolute Gasteiger partial charge is 0.495 e. The molecule has 8 nitrogen and oxygen atoms in total. The number of carbonyl (C=O) groups is 1. The van der Waals surface area contributed by atoms with E-state index in [-0.39, 0.29) is 17.6 Å². The van der Waals surface area contributed by atoms with E-state index in [0.29, 0.717) is 37.6 Å². The number of amides is 2. The molecule has 168 valence electrons. The van der Waals surface area contributed by atoms with Crippen molar-refractivity contribution < 1.29 is 9.53 Å². The van der Waals surface area contributed by atoms with Crippen molar-refractivity contribution in [1.82, 2.24) is 19.2 Å². The lowest BCUT2D eigenvalue weighted by Gasteiger charge is -2.31. The molecule has 0 bridgehead atoms. The molecule has 0 aliphatic carbocycles. The Hall–Kier alpha value is -3.55. The third-order valence-electron chi connectivity index (χ3n) is 5.94. The summed E-state index contributed by atoms with van der Waals surface area (Å²) in [5.74, 6) is 1.60. The fourth-order valence-electron chi connectivity index (χ4n) is 4.20. The zero-order valence-electron chi connectivity index (χ0n) is 18.5. The molecule has 3 aromatic rings. The first-order valence-corrected chi connectivity index (χ1v) is 11.0. The molecule has 1 N–H and O–H groups in total. The van der Waals surface area contributed by atoms with E-state index in [2.05, 4.69) is 5.32 Å². The summed E-state index contributed by atoms with van der Waals surface area (Å²) in [5.41, 5.74) is 1.62. The highest BCUT2D eigenvalue weighted by atomic mass is 16.5. The number of aromatic nitrogens is 3. The van der Waals surface area contributed by atoms with Crippen molar-refractivity contribution in [2.75, 3.05) is 25.5 Å². The Labute approximate surface area is 187 Å². The predicted octanol–water partition coefficient (Wildman–Crippen LogP) is 3.53. The van der Waals surface area contributed by atoms with Crippen LogP contribution in [0.4, 0.5) is 10.5 Å². The molecule has 1 aliphatic heterocycles. The molecule has 1 fully saturated rings. The molecule has 1 aliphatic rings. The quantitative estimate of drug-likeness (QED) is 0.642. The third-order valence-corrected chi connectivity index (χ3v) is 5.94. The van der Waals surface area contributed by atoms with Crippen molar-refractivity contribution in [1.29, 1.82) is 0 Å². The average Bonchev–Trinajstić information content (AvgIpc) is 3.15. The zero-order valence-corrected chi connectivity index (χ0v) is 18.5. The first-order valence-electron chi connectivity index (χ1n) is 11.0. The number of rotatable bonds is 6. The number of methoxy groups -OCH3 is 1. The van der Waals surface area contributed by atoms with Gasteiger partial charge in [-0.1, -0.05) is 42.5 Å². The van der Waals surface area contributed by atoms with Crippen molar-refractivity contribution in [2.24, 2.45) is 0 Å². The Kier molecular flexibility index (Phi) is 6.58. The van der Waals surface area contributed by atoms with Crippen LogP contribution in [0.5, 0.6) is 5.75 Å². The topological polar surface area (TPSA) is 81.4 Å². The maximum Gasteiger partial charge on any atom is 0.346 e. The molecular weight excluding hydrogens is 406 g/mol. The Morgan fingerprint density at radius 1 is 1.09 bits per heavy atom. The van der Waals surface area contributed by atoms with E-state index in [9.17, 15) is 9.59 Å². The number of hydrogen-bond acceptors (Lipinski definition) is 4. The first kappa shape index (κ1) is 21.7. The summed E-state index contributed by atoms with van der Waals surface area (Å²) in [6.07, 6.45) is 1.53. The molecule has 1 saturated heterocycles. The predicted molar refractivity (Wildman–Crippen MR) is 123 cm³/mol. The molecule has 32 heavy (non-hydrogen) atoms.